The highest BCUT2D eigenvalue weighted by Gasteiger charge is 2.28. The third kappa shape index (κ3) is 3.26. The first kappa shape index (κ1) is 13.1. The van der Waals surface area contributed by atoms with Gasteiger partial charge >= 0.3 is 0 Å². The Morgan fingerprint density at radius 3 is 2.71 bits per heavy atom. The molecule has 0 bridgehead atoms. The van der Waals surface area contributed by atoms with Gasteiger partial charge in [-0.2, -0.15) is 5.26 Å². The highest BCUT2D eigenvalue weighted by atomic mass is 16.5. The van der Waals surface area contributed by atoms with Crippen molar-refractivity contribution in [3.63, 3.8) is 0 Å². The molecule has 0 heterocycles. The van der Waals surface area contributed by atoms with E-state index in [1.54, 1.807) is 7.11 Å². The van der Waals surface area contributed by atoms with Gasteiger partial charge < -0.3 is 4.74 Å². The van der Waals surface area contributed by atoms with Crippen molar-refractivity contribution in [2.75, 3.05) is 7.11 Å². The molecule has 1 aromatic carbocycles. The summed E-state index contributed by atoms with van der Waals surface area (Å²) in [7, 11) is 1.64. The van der Waals surface area contributed by atoms with Crippen LogP contribution >= 0.6 is 0 Å². The molecule has 0 fully saturated rings. The van der Waals surface area contributed by atoms with Crippen molar-refractivity contribution in [1.82, 2.24) is 0 Å². The molecule has 0 amide bonds. The molecule has 0 aromatic heterocycles. The minimum absolute atomic E-state index is 0.240. The molecule has 0 saturated carbocycles. The number of terminal acetylenes is 1. The molecule has 0 aliphatic rings. The first-order chi connectivity index (χ1) is 8.03. The second-order valence-electron chi connectivity index (χ2n) is 4.75. The lowest BCUT2D eigenvalue weighted by molar-refractivity contribution is 0.314. The number of methoxy groups -OCH3 is 1. The third-order valence-corrected chi connectivity index (χ3v) is 2.87. The van der Waals surface area contributed by atoms with Crippen LogP contribution in [0.4, 0.5) is 0 Å². The zero-order chi connectivity index (χ0) is 12.9. The molecule has 1 rings (SSSR count). The summed E-state index contributed by atoms with van der Waals surface area (Å²) < 4.78 is 5.18. The van der Waals surface area contributed by atoms with Crippen molar-refractivity contribution in [1.29, 1.82) is 5.26 Å². The minimum atomic E-state index is -0.381. The highest BCUT2D eigenvalue weighted by molar-refractivity contribution is 5.29. The van der Waals surface area contributed by atoms with Gasteiger partial charge in [-0.25, -0.2) is 0 Å². The Balaban J connectivity index is 2.90. The number of nitrogens with zero attached hydrogens (tertiary/aromatic N) is 1. The van der Waals surface area contributed by atoms with E-state index in [2.05, 4.69) is 12.0 Å². The van der Waals surface area contributed by atoms with Gasteiger partial charge in [0.1, 0.15) is 11.7 Å². The van der Waals surface area contributed by atoms with E-state index < -0.39 is 0 Å². The van der Waals surface area contributed by atoms with Crippen LogP contribution in [0.3, 0.4) is 0 Å². The van der Waals surface area contributed by atoms with Crippen LogP contribution in [-0.2, 0) is 6.42 Å². The van der Waals surface area contributed by atoms with Crippen LogP contribution in [0.5, 0.6) is 5.75 Å². The second-order valence-corrected chi connectivity index (χ2v) is 4.75. The summed E-state index contributed by atoms with van der Waals surface area (Å²) in [6, 6.07) is 10.0. The molecule has 0 saturated heterocycles. The van der Waals surface area contributed by atoms with Crippen LogP contribution in [0, 0.1) is 35.0 Å². The largest absolute Gasteiger partial charge is 0.497 e. The molecule has 0 radical (unpaired) electrons. The molecule has 0 aliphatic heterocycles. The van der Waals surface area contributed by atoms with Gasteiger partial charge in [0.05, 0.1) is 13.2 Å². The minimum Gasteiger partial charge on any atom is -0.497 e. The molecule has 2 nitrogen and oxygen atoms in total. The van der Waals surface area contributed by atoms with Crippen LogP contribution in [0.2, 0.25) is 0 Å². The standard InChI is InChI=1S/C15H17NO/c1-5-13(11-16)15(2,3)10-12-7-6-8-14(9-12)17-4/h1,6-9,13H,10H2,2-4H3. The third-order valence-electron chi connectivity index (χ3n) is 2.87. The van der Waals surface area contributed by atoms with Gasteiger partial charge in [-0.3, -0.25) is 0 Å². The van der Waals surface area contributed by atoms with Crippen molar-refractivity contribution in [3.8, 4) is 24.2 Å². The average Bonchev–Trinajstić information content (AvgIpc) is 2.29. The summed E-state index contributed by atoms with van der Waals surface area (Å²) in [5.74, 6) is 2.99. The predicted molar refractivity (Wildman–Crippen MR) is 68.4 cm³/mol. The molecule has 0 spiro atoms. The van der Waals surface area contributed by atoms with E-state index in [1.165, 1.54) is 0 Å². The Labute approximate surface area is 103 Å². The van der Waals surface area contributed by atoms with E-state index in [4.69, 9.17) is 16.4 Å². The zero-order valence-corrected chi connectivity index (χ0v) is 10.5. The number of nitriles is 1. The Kier molecular flexibility index (Phi) is 4.18. The van der Waals surface area contributed by atoms with Crippen LogP contribution in [0.15, 0.2) is 24.3 Å². The maximum atomic E-state index is 9.02. The summed E-state index contributed by atoms with van der Waals surface area (Å²) in [5, 5.41) is 9.02. The Bertz CT molecular complexity index is 449. The van der Waals surface area contributed by atoms with Gasteiger partial charge in [0.25, 0.3) is 0 Å². The molecular formula is C15H17NO. The van der Waals surface area contributed by atoms with Crippen molar-refractivity contribution in [2.45, 2.75) is 20.3 Å². The normalized spacial score (nSPS) is 12.3. The lowest BCUT2D eigenvalue weighted by Gasteiger charge is -2.26. The SMILES string of the molecule is C#CC(C#N)C(C)(C)Cc1cccc(OC)c1. The Morgan fingerprint density at radius 1 is 1.47 bits per heavy atom. The number of hydrogen-bond donors (Lipinski definition) is 0. The van der Waals surface area contributed by atoms with E-state index in [1.807, 2.05) is 38.1 Å². The van der Waals surface area contributed by atoms with Crippen molar-refractivity contribution in [2.24, 2.45) is 11.3 Å². The number of hydrogen-bond acceptors (Lipinski definition) is 2. The number of benzene rings is 1. The summed E-state index contributed by atoms with van der Waals surface area (Å²) in [5.41, 5.74) is 0.889. The fraction of sp³-hybridized carbons (Fsp3) is 0.400. The summed E-state index contributed by atoms with van der Waals surface area (Å²) in [4.78, 5) is 0. The maximum absolute atomic E-state index is 9.02. The predicted octanol–water partition coefficient (Wildman–Crippen LogP) is 3.04. The van der Waals surface area contributed by atoms with Gasteiger partial charge in [0, 0.05) is 0 Å². The molecule has 88 valence electrons. The zero-order valence-electron chi connectivity index (χ0n) is 10.5. The average molecular weight is 227 g/mol. The number of ether oxygens (including phenoxy) is 1. The monoisotopic (exact) mass is 227 g/mol. The van der Waals surface area contributed by atoms with Gasteiger partial charge in [-0.15, -0.1) is 6.42 Å². The molecule has 1 aromatic rings. The molecule has 2 heteroatoms. The molecule has 1 unspecified atom stereocenters. The quantitative estimate of drug-likeness (QED) is 0.741. The van der Waals surface area contributed by atoms with Crippen molar-refractivity contribution < 1.29 is 4.74 Å². The van der Waals surface area contributed by atoms with Gasteiger partial charge in [-0.05, 0) is 29.5 Å². The van der Waals surface area contributed by atoms with E-state index in [0.717, 1.165) is 17.7 Å². The van der Waals surface area contributed by atoms with E-state index in [-0.39, 0.29) is 11.3 Å². The highest BCUT2D eigenvalue weighted by Crippen LogP contribution is 2.31. The lowest BCUT2D eigenvalue weighted by Crippen LogP contribution is -2.24. The first-order valence-corrected chi connectivity index (χ1v) is 5.52. The van der Waals surface area contributed by atoms with Gasteiger partial charge in [-0.1, -0.05) is 31.9 Å². The van der Waals surface area contributed by atoms with Crippen molar-refractivity contribution >= 4 is 0 Å². The molecule has 17 heavy (non-hydrogen) atoms. The van der Waals surface area contributed by atoms with Crippen LogP contribution in [0.1, 0.15) is 19.4 Å². The topological polar surface area (TPSA) is 33.0 Å². The molecule has 0 N–H and O–H groups in total. The van der Waals surface area contributed by atoms with Crippen LogP contribution in [-0.4, -0.2) is 7.11 Å². The maximum Gasteiger partial charge on any atom is 0.119 e. The van der Waals surface area contributed by atoms with E-state index in [9.17, 15) is 0 Å². The van der Waals surface area contributed by atoms with Gasteiger partial charge in [0.15, 0.2) is 0 Å². The van der Waals surface area contributed by atoms with E-state index in [0.29, 0.717) is 0 Å². The van der Waals surface area contributed by atoms with E-state index >= 15 is 0 Å². The molecular weight excluding hydrogens is 210 g/mol. The van der Waals surface area contributed by atoms with Gasteiger partial charge in [0.2, 0.25) is 0 Å². The number of rotatable bonds is 4. The first-order valence-electron chi connectivity index (χ1n) is 5.52. The van der Waals surface area contributed by atoms with Crippen LogP contribution < -0.4 is 4.74 Å². The summed E-state index contributed by atoms with van der Waals surface area (Å²) >= 11 is 0. The Morgan fingerprint density at radius 2 is 2.18 bits per heavy atom. The lowest BCUT2D eigenvalue weighted by atomic mass is 9.75. The Hall–Kier alpha value is -1.93. The van der Waals surface area contributed by atoms with Crippen LogP contribution in [0.25, 0.3) is 0 Å². The smallest absolute Gasteiger partial charge is 0.119 e. The second kappa shape index (κ2) is 5.41. The fourth-order valence-corrected chi connectivity index (χ4v) is 1.85. The molecule has 0 aliphatic carbocycles. The summed E-state index contributed by atoms with van der Waals surface area (Å²) in [6.45, 7) is 4.03. The summed E-state index contributed by atoms with van der Waals surface area (Å²) in [6.07, 6.45) is 6.14. The van der Waals surface area contributed by atoms with Crippen molar-refractivity contribution in [3.05, 3.63) is 29.8 Å². The fourth-order valence-electron chi connectivity index (χ4n) is 1.85. The molecule has 1 atom stereocenters.